The normalized spacial score (nSPS) is 17.0. The van der Waals surface area contributed by atoms with Crippen molar-refractivity contribution in [2.24, 2.45) is 5.73 Å². The number of anilines is 1. The highest BCUT2D eigenvalue weighted by molar-refractivity contribution is 9.10. The molecule has 0 atom stereocenters. The summed E-state index contributed by atoms with van der Waals surface area (Å²) in [4.78, 5) is 2.39. The summed E-state index contributed by atoms with van der Waals surface area (Å²) in [7, 11) is 0. The second-order valence-electron chi connectivity index (χ2n) is 5.54. The van der Waals surface area contributed by atoms with Crippen LogP contribution < -0.4 is 10.6 Å². The molecule has 18 heavy (non-hydrogen) atoms. The Morgan fingerprint density at radius 2 is 2.00 bits per heavy atom. The van der Waals surface area contributed by atoms with Gasteiger partial charge in [0.15, 0.2) is 0 Å². The zero-order chi connectivity index (χ0) is 13.2. The quantitative estimate of drug-likeness (QED) is 0.932. The first kappa shape index (κ1) is 13.8. The van der Waals surface area contributed by atoms with E-state index in [0.29, 0.717) is 0 Å². The molecule has 0 amide bonds. The van der Waals surface area contributed by atoms with Crippen LogP contribution in [0.25, 0.3) is 0 Å². The monoisotopic (exact) mass is 312 g/mol. The van der Waals surface area contributed by atoms with Crippen molar-refractivity contribution in [3.8, 4) is 0 Å². The fourth-order valence-corrected chi connectivity index (χ4v) is 2.71. The molecule has 100 valence electrons. The molecule has 0 saturated carbocycles. The van der Waals surface area contributed by atoms with E-state index in [4.69, 9.17) is 10.5 Å². The van der Waals surface area contributed by atoms with Gasteiger partial charge >= 0.3 is 0 Å². The van der Waals surface area contributed by atoms with E-state index in [1.165, 1.54) is 11.3 Å². The van der Waals surface area contributed by atoms with Crippen LogP contribution in [0, 0.1) is 0 Å². The van der Waals surface area contributed by atoms with Gasteiger partial charge in [-0.3, -0.25) is 0 Å². The number of ether oxygens (including phenoxy) is 1. The summed E-state index contributed by atoms with van der Waals surface area (Å²) in [5, 5.41) is 0. The van der Waals surface area contributed by atoms with Crippen molar-refractivity contribution in [1.29, 1.82) is 0 Å². The van der Waals surface area contributed by atoms with Crippen molar-refractivity contribution in [1.82, 2.24) is 0 Å². The van der Waals surface area contributed by atoms with Gasteiger partial charge in [0.25, 0.3) is 0 Å². The van der Waals surface area contributed by atoms with Crippen molar-refractivity contribution in [2.45, 2.75) is 25.8 Å². The highest BCUT2D eigenvalue weighted by Gasteiger charge is 2.19. The highest BCUT2D eigenvalue weighted by Crippen LogP contribution is 2.28. The molecular weight excluding hydrogens is 292 g/mol. The van der Waals surface area contributed by atoms with Gasteiger partial charge in [-0.1, -0.05) is 15.9 Å². The van der Waals surface area contributed by atoms with E-state index in [1.54, 1.807) is 0 Å². The minimum Gasteiger partial charge on any atom is -0.378 e. The number of nitrogens with zero attached hydrogens (tertiary/aromatic N) is 1. The number of hydrogen-bond donors (Lipinski definition) is 1. The Morgan fingerprint density at radius 3 is 2.61 bits per heavy atom. The maximum Gasteiger partial charge on any atom is 0.0642 e. The topological polar surface area (TPSA) is 38.5 Å². The summed E-state index contributed by atoms with van der Waals surface area (Å²) in [6.07, 6.45) is 0.874. The summed E-state index contributed by atoms with van der Waals surface area (Å²) in [6, 6.07) is 6.45. The summed E-state index contributed by atoms with van der Waals surface area (Å²) in [6.45, 7) is 7.66. The Hall–Kier alpha value is -0.580. The first-order chi connectivity index (χ1) is 8.46. The zero-order valence-corrected chi connectivity index (χ0v) is 12.7. The van der Waals surface area contributed by atoms with Crippen LogP contribution in [0.3, 0.4) is 0 Å². The Morgan fingerprint density at radius 1 is 1.33 bits per heavy atom. The lowest BCUT2D eigenvalue weighted by Gasteiger charge is -2.32. The number of morpholine rings is 1. The van der Waals surface area contributed by atoms with Crippen LogP contribution in [0.4, 0.5) is 5.69 Å². The molecule has 1 fully saturated rings. The molecule has 0 aliphatic carbocycles. The predicted octanol–water partition coefficient (Wildman–Crippen LogP) is 2.57. The smallest absolute Gasteiger partial charge is 0.0642 e. The molecule has 0 bridgehead atoms. The van der Waals surface area contributed by atoms with E-state index in [1.807, 2.05) is 0 Å². The van der Waals surface area contributed by atoms with Crippen LogP contribution in [-0.4, -0.2) is 31.8 Å². The van der Waals surface area contributed by atoms with Crippen LogP contribution in [0.5, 0.6) is 0 Å². The van der Waals surface area contributed by atoms with Gasteiger partial charge in [0.2, 0.25) is 0 Å². The third kappa shape index (κ3) is 3.70. The SMILES string of the molecule is CC(C)(N)Cc1cc(Br)ccc1N1CCOCC1. The lowest BCUT2D eigenvalue weighted by atomic mass is 9.94. The van der Waals surface area contributed by atoms with E-state index in [0.717, 1.165) is 37.2 Å². The average molecular weight is 313 g/mol. The summed E-state index contributed by atoms with van der Waals surface area (Å²) in [5.74, 6) is 0. The molecule has 1 aliphatic rings. The Labute approximate surface area is 117 Å². The molecule has 1 aliphatic heterocycles. The van der Waals surface area contributed by atoms with Gasteiger partial charge < -0.3 is 15.4 Å². The van der Waals surface area contributed by atoms with Crippen LogP contribution in [-0.2, 0) is 11.2 Å². The van der Waals surface area contributed by atoms with Gasteiger partial charge in [-0.25, -0.2) is 0 Å². The lowest BCUT2D eigenvalue weighted by molar-refractivity contribution is 0.122. The van der Waals surface area contributed by atoms with Gasteiger partial charge in [-0.05, 0) is 44.0 Å². The number of halogens is 1. The van der Waals surface area contributed by atoms with Crippen molar-refractivity contribution < 1.29 is 4.74 Å². The molecule has 0 spiro atoms. The van der Waals surface area contributed by atoms with Crippen LogP contribution in [0.1, 0.15) is 19.4 Å². The molecule has 3 nitrogen and oxygen atoms in total. The summed E-state index contributed by atoms with van der Waals surface area (Å²) < 4.78 is 6.52. The molecule has 0 radical (unpaired) electrons. The van der Waals surface area contributed by atoms with Gasteiger partial charge in [-0.15, -0.1) is 0 Å². The van der Waals surface area contributed by atoms with Crippen molar-refractivity contribution in [3.63, 3.8) is 0 Å². The molecule has 2 N–H and O–H groups in total. The minimum absolute atomic E-state index is 0.193. The van der Waals surface area contributed by atoms with Gasteiger partial charge in [0.1, 0.15) is 0 Å². The fourth-order valence-electron chi connectivity index (χ4n) is 2.30. The number of rotatable bonds is 3. The van der Waals surface area contributed by atoms with Crippen molar-refractivity contribution >= 4 is 21.6 Å². The van der Waals surface area contributed by atoms with Crippen LogP contribution in [0.2, 0.25) is 0 Å². The zero-order valence-electron chi connectivity index (χ0n) is 11.1. The number of benzene rings is 1. The maximum atomic E-state index is 6.16. The van der Waals surface area contributed by atoms with Crippen LogP contribution >= 0.6 is 15.9 Å². The largest absolute Gasteiger partial charge is 0.378 e. The molecular formula is C14H21BrN2O. The summed E-state index contributed by atoms with van der Waals surface area (Å²) >= 11 is 3.54. The van der Waals surface area contributed by atoms with Gasteiger partial charge in [0, 0.05) is 28.8 Å². The van der Waals surface area contributed by atoms with E-state index < -0.39 is 0 Å². The molecule has 0 unspecified atom stereocenters. The van der Waals surface area contributed by atoms with Crippen molar-refractivity contribution in [2.75, 3.05) is 31.2 Å². The lowest BCUT2D eigenvalue weighted by Crippen LogP contribution is -2.39. The summed E-state index contributed by atoms with van der Waals surface area (Å²) in [5.41, 5.74) is 8.56. The van der Waals surface area contributed by atoms with E-state index in [9.17, 15) is 0 Å². The van der Waals surface area contributed by atoms with Gasteiger partial charge in [0.05, 0.1) is 13.2 Å². The molecule has 2 rings (SSSR count). The third-order valence-electron chi connectivity index (χ3n) is 3.04. The Kier molecular flexibility index (Phi) is 4.30. The molecule has 0 aromatic heterocycles. The average Bonchev–Trinajstić information content (AvgIpc) is 2.28. The molecule has 1 aromatic carbocycles. The number of hydrogen-bond acceptors (Lipinski definition) is 3. The fraction of sp³-hybridized carbons (Fsp3) is 0.571. The maximum absolute atomic E-state index is 6.16. The minimum atomic E-state index is -0.193. The predicted molar refractivity (Wildman–Crippen MR) is 79.1 cm³/mol. The van der Waals surface area contributed by atoms with Crippen molar-refractivity contribution in [3.05, 3.63) is 28.2 Å². The first-order valence-corrected chi connectivity index (χ1v) is 7.15. The van der Waals surface area contributed by atoms with Gasteiger partial charge in [-0.2, -0.15) is 0 Å². The highest BCUT2D eigenvalue weighted by atomic mass is 79.9. The van der Waals surface area contributed by atoms with E-state index in [2.05, 4.69) is 52.9 Å². The Bertz CT molecular complexity index is 409. The van der Waals surface area contributed by atoms with E-state index in [-0.39, 0.29) is 5.54 Å². The second-order valence-corrected chi connectivity index (χ2v) is 6.45. The number of nitrogens with two attached hydrogens (primary N) is 1. The first-order valence-electron chi connectivity index (χ1n) is 6.36. The Balaban J connectivity index is 2.27. The third-order valence-corrected chi connectivity index (χ3v) is 3.53. The van der Waals surface area contributed by atoms with E-state index >= 15 is 0 Å². The standard InChI is InChI=1S/C14H21BrN2O/c1-14(2,16)10-11-9-12(15)3-4-13(11)17-5-7-18-8-6-17/h3-4,9H,5-8,10,16H2,1-2H3. The second kappa shape index (κ2) is 5.59. The molecule has 1 saturated heterocycles. The molecule has 1 aromatic rings. The molecule has 4 heteroatoms. The van der Waals surface area contributed by atoms with Crippen LogP contribution in [0.15, 0.2) is 22.7 Å². The molecule has 1 heterocycles.